The maximum Gasteiger partial charge on any atom is 0.421 e. The lowest BCUT2D eigenvalue weighted by Crippen LogP contribution is -2.13. The van der Waals surface area contributed by atoms with Crippen LogP contribution in [-0.2, 0) is 22.1 Å². The van der Waals surface area contributed by atoms with Crippen LogP contribution in [-0.4, -0.2) is 37.0 Å². The minimum Gasteiger partial charge on any atom is -0.491 e. The number of alkyl halides is 3. The Hall–Kier alpha value is -3.97. The third-order valence-corrected chi connectivity index (χ3v) is 5.41. The van der Waals surface area contributed by atoms with Gasteiger partial charge in [-0.15, -0.1) is 0 Å². The van der Waals surface area contributed by atoms with Gasteiger partial charge in [0, 0.05) is 23.3 Å². The summed E-state index contributed by atoms with van der Waals surface area (Å²) in [5, 5.41) is 8.05. The normalized spacial score (nSPS) is 11.9. The van der Waals surface area contributed by atoms with Crippen LogP contribution in [0.4, 0.5) is 42.0 Å². The highest BCUT2D eigenvalue weighted by Gasteiger charge is 2.35. The number of carbonyl (C=O) groups excluding carboxylic acids is 1. The smallest absolute Gasteiger partial charge is 0.421 e. The zero-order valence-electron chi connectivity index (χ0n) is 19.4. The van der Waals surface area contributed by atoms with E-state index in [4.69, 9.17) is 9.29 Å². The molecule has 0 saturated heterocycles. The summed E-state index contributed by atoms with van der Waals surface area (Å²) in [4.78, 5) is 19.4. The first-order valence-corrected chi connectivity index (χ1v) is 12.2. The summed E-state index contributed by atoms with van der Waals surface area (Å²) in [5.41, 5.74) is -0.0470. The van der Waals surface area contributed by atoms with Gasteiger partial charge in [0.15, 0.2) is 11.1 Å². The minimum atomic E-state index is -4.73. The van der Waals surface area contributed by atoms with Crippen molar-refractivity contribution in [3.05, 3.63) is 72.9 Å². The van der Waals surface area contributed by atoms with Gasteiger partial charge in [0.1, 0.15) is 17.1 Å². The number of para-hydroxylation sites is 2. The Labute approximate surface area is 213 Å². The zero-order valence-corrected chi connectivity index (χ0v) is 20.2. The van der Waals surface area contributed by atoms with Gasteiger partial charge in [0.05, 0.1) is 12.3 Å². The molecule has 0 aliphatic rings. The van der Waals surface area contributed by atoms with Crippen LogP contribution in [0.1, 0.15) is 18.4 Å². The number of halogens is 3. The summed E-state index contributed by atoms with van der Waals surface area (Å²) >= 11 is -1.87. The quantitative estimate of drug-likeness (QED) is 0.136. The molecule has 1 atom stereocenters. The number of unbranched alkanes of at least 4 members (excludes halogenated alkanes) is 1. The number of hydrogen-bond donors (Lipinski definition) is 4. The summed E-state index contributed by atoms with van der Waals surface area (Å²) in [6.45, 7) is 3.63. The molecule has 1 unspecified atom stereocenters. The van der Waals surface area contributed by atoms with E-state index in [1.54, 1.807) is 36.4 Å². The van der Waals surface area contributed by atoms with Crippen LogP contribution in [0.25, 0.3) is 0 Å². The van der Waals surface area contributed by atoms with E-state index in [1.807, 2.05) is 0 Å². The van der Waals surface area contributed by atoms with Crippen molar-refractivity contribution in [3.8, 4) is 5.75 Å². The predicted molar refractivity (Wildman–Crippen MR) is 136 cm³/mol. The van der Waals surface area contributed by atoms with Gasteiger partial charge in [-0.1, -0.05) is 24.8 Å². The number of hydrogen-bond acceptors (Lipinski definition) is 7. The highest BCUT2D eigenvalue weighted by molar-refractivity contribution is 7.79. The number of rotatable bonds is 12. The highest BCUT2D eigenvalue weighted by Crippen LogP contribution is 2.36. The lowest BCUT2D eigenvalue weighted by molar-refractivity contribution is -0.137. The molecule has 1 amide bonds. The number of nitrogens with one attached hydrogen (secondary N) is 3. The highest BCUT2D eigenvalue weighted by atomic mass is 32.2. The molecule has 1 heterocycles. The number of benzene rings is 2. The Bertz CT molecular complexity index is 1270. The van der Waals surface area contributed by atoms with Crippen molar-refractivity contribution in [1.82, 2.24) is 9.97 Å². The number of amides is 1. The molecular formula is C24H24F3N5O4S. The Morgan fingerprint density at radius 1 is 1.11 bits per heavy atom. The number of nitrogens with zero attached hydrogens (tertiary/aromatic N) is 2. The second-order valence-corrected chi connectivity index (χ2v) is 8.61. The Morgan fingerprint density at radius 2 is 1.86 bits per heavy atom. The molecule has 3 rings (SSSR count). The molecule has 196 valence electrons. The third-order valence-electron chi connectivity index (χ3n) is 4.78. The Balaban J connectivity index is 1.81. The summed E-state index contributed by atoms with van der Waals surface area (Å²) in [7, 11) is 0. The van der Waals surface area contributed by atoms with Crippen LogP contribution in [0.2, 0.25) is 0 Å². The maximum absolute atomic E-state index is 13.7. The second kappa shape index (κ2) is 12.8. The van der Waals surface area contributed by atoms with E-state index in [0.717, 1.165) is 6.08 Å². The number of aromatic nitrogens is 2. The van der Waals surface area contributed by atoms with Crippen molar-refractivity contribution in [3.63, 3.8) is 0 Å². The maximum atomic E-state index is 13.7. The monoisotopic (exact) mass is 535 g/mol. The summed E-state index contributed by atoms with van der Waals surface area (Å²) in [5.74, 6) is -0.518. The summed E-state index contributed by atoms with van der Waals surface area (Å²) in [6, 6.07) is 12.8. The number of ether oxygens (including phenoxy) is 1. The fraction of sp³-hybridized carbons (Fsp3) is 0.208. The molecule has 1 aromatic heterocycles. The average molecular weight is 536 g/mol. The molecule has 13 heteroatoms. The van der Waals surface area contributed by atoms with Crippen LogP contribution in [0, 0.1) is 0 Å². The zero-order chi connectivity index (χ0) is 26.8. The van der Waals surface area contributed by atoms with Crippen LogP contribution < -0.4 is 20.7 Å². The van der Waals surface area contributed by atoms with Gasteiger partial charge in [-0.05, 0) is 49.2 Å². The Kier molecular flexibility index (Phi) is 9.57. The number of anilines is 5. The summed E-state index contributed by atoms with van der Waals surface area (Å²) in [6.07, 6.45) is -1.95. The van der Waals surface area contributed by atoms with E-state index in [2.05, 4.69) is 32.5 Å². The van der Waals surface area contributed by atoms with Gasteiger partial charge >= 0.3 is 6.18 Å². The molecule has 0 spiro atoms. The largest absolute Gasteiger partial charge is 0.491 e. The molecule has 2 aromatic carbocycles. The minimum absolute atomic E-state index is 0.113. The van der Waals surface area contributed by atoms with Crippen LogP contribution in [0.5, 0.6) is 5.75 Å². The van der Waals surface area contributed by atoms with E-state index in [0.29, 0.717) is 36.2 Å². The van der Waals surface area contributed by atoms with Crippen LogP contribution in [0.3, 0.4) is 0 Å². The number of carbonyl (C=O) groups is 1. The van der Waals surface area contributed by atoms with Crippen molar-refractivity contribution in [2.45, 2.75) is 19.0 Å². The SMILES string of the molecule is C=CC(=O)Nc1cccc(Nc2nc(Nc3ccccc3OCCCCS(=O)O)ncc2C(F)(F)F)c1. The molecule has 3 aromatic rings. The van der Waals surface area contributed by atoms with Crippen LogP contribution >= 0.6 is 0 Å². The molecule has 0 fully saturated rings. The Morgan fingerprint density at radius 3 is 2.59 bits per heavy atom. The fourth-order valence-electron chi connectivity index (χ4n) is 3.08. The van der Waals surface area contributed by atoms with Crippen molar-refractivity contribution in [2.75, 3.05) is 28.3 Å². The van der Waals surface area contributed by atoms with Crippen LogP contribution in [0.15, 0.2) is 67.4 Å². The first-order valence-electron chi connectivity index (χ1n) is 11.0. The average Bonchev–Trinajstić information content (AvgIpc) is 2.84. The lowest BCUT2D eigenvalue weighted by atomic mass is 10.2. The molecule has 9 nitrogen and oxygen atoms in total. The molecule has 0 aliphatic carbocycles. The van der Waals surface area contributed by atoms with Gasteiger partial charge in [0.2, 0.25) is 11.9 Å². The van der Waals surface area contributed by atoms with E-state index in [9.17, 15) is 22.2 Å². The molecule has 4 N–H and O–H groups in total. The van der Waals surface area contributed by atoms with E-state index in [-0.39, 0.29) is 24.0 Å². The topological polar surface area (TPSA) is 125 Å². The molecular weight excluding hydrogens is 511 g/mol. The molecule has 0 bridgehead atoms. The third kappa shape index (κ3) is 8.58. The van der Waals surface area contributed by atoms with E-state index >= 15 is 0 Å². The first kappa shape index (κ1) is 27.6. The van der Waals surface area contributed by atoms with Gasteiger partial charge in [-0.3, -0.25) is 4.79 Å². The fourth-order valence-corrected chi connectivity index (χ4v) is 3.53. The van der Waals surface area contributed by atoms with Gasteiger partial charge < -0.3 is 25.2 Å². The first-order chi connectivity index (χ1) is 17.7. The van der Waals surface area contributed by atoms with Gasteiger partial charge in [0.25, 0.3) is 0 Å². The predicted octanol–water partition coefficient (Wildman–Crippen LogP) is 5.49. The molecule has 0 saturated carbocycles. The standard InChI is InChI=1S/C24H24F3N5O4S/c1-2-21(33)29-16-8-7-9-17(14-16)30-22-18(24(25,26)27)15-28-23(32-22)31-19-10-3-4-11-20(19)36-12-5-6-13-37(34)35/h2-4,7-11,14-15H,1,5-6,12-13H2,(H,29,33)(H,34,35)(H2,28,30,31,32). The molecule has 37 heavy (non-hydrogen) atoms. The molecule has 0 radical (unpaired) electrons. The van der Waals surface area contributed by atoms with Crippen molar-refractivity contribution >= 4 is 45.8 Å². The van der Waals surface area contributed by atoms with Gasteiger partial charge in [-0.2, -0.15) is 18.2 Å². The van der Waals surface area contributed by atoms with Crippen molar-refractivity contribution in [2.24, 2.45) is 0 Å². The van der Waals surface area contributed by atoms with E-state index in [1.165, 1.54) is 12.1 Å². The molecule has 0 aliphatic heterocycles. The van der Waals surface area contributed by atoms with Gasteiger partial charge in [-0.25, -0.2) is 9.19 Å². The summed E-state index contributed by atoms with van der Waals surface area (Å²) < 4.78 is 66.3. The second-order valence-electron chi connectivity index (χ2n) is 7.56. The van der Waals surface area contributed by atoms with Crippen molar-refractivity contribution < 1.29 is 31.5 Å². The lowest BCUT2D eigenvalue weighted by Gasteiger charge is -2.16. The van der Waals surface area contributed by atoms with Crippen molar-refractivity contribution in [1.29, 1.82) is 0 Å². The van der Waals surface area contributed by atoms with E-state index < -0.39 is 34.5 Å².